The molecule has 0 heterocycles. The number of carbonyl (C=O) groups is 2. The standard InChI is InChI=1S/C13H27N3O2/c1-7-8(2)10(14)12(18)15-9(3)11(17)16-13(4,5)6/h8-10H,7,14H2,1-6H3,(H,15,18)(H,16,17)/t8?,9?,10-/m0/s1. The average molecular weight is 257 g/mol. The Morgan fingerprint density at radius 3 is 2.06 bits per heavy atom. The van der Waals surface area contributed by atoms with E-state index < -0.39 is 12.1 Å². The average Bonchev–Trinajstić information content (AvgIpc) is 2.24. The summed E-state index contributed by atoms with van der Waals surface area (Å²) in [7, 11) is 0. The fraction of sp³-hybridized carbons (Fsp3) is 0.846. The van der Waals surface area contributed by atoms with Crippen molar-refractivity contribution in [3.05, 3.63) is 0 Å². The van der Waals surface area contributed by atoms with E-state index in [0.717, 1.165) is 6.42 Å². The zero-order valence-corrected chi connectivity index (χ0v) is 12.3. The van der Waals surface area contributed by atoms with Gasteiger partial charge < -0.3 is 16.4 Å². The second kappa shape index (κ2) is 6.73. The van der Waals surface area contributed by atoms with Crippen LogP contribution < -0.4 is 16.4 Å². The molecule has 0 aromatic heterocycles. The van der Waals surface area contributed by atoms with E-state index in [4.69, 9.17) is 5.73 Å². The summed E-state index contributed by atoms with van der Waals surface area (Å²) in [6.07, 6.45) is 0.831. The van der Waals surface area contributed by atoms with Gasteiger partial charge in [-0.05, 0) is 33.6 Å². The Balaban J connectivity index is 4.35. The topological polar surface area (TPSA) is 84.2 Å². The van der Waals surface area contributed by atoms with Gasteiger partial charge in [-0.1, -0.05) is 20.3 Å². The highest BCUT2D eigenvalue weighted by Gasteiger charge is 2.25. The molecule has 0 aliphatic heterocycles. The van der Waals surface area contributed by atoms with Crippen molar-refractivity contribution >= 4 is 11.8 Å². The molecule has 106 valence electrons. The van der Waals surface area contributed by atoms with Crippen LogP contribution in [0.4, 0.5) is 0 Å². The van der Waals surface area contributed by atoms with Crippen molar-refractivity contribution in [2.24, 2.45) is 11.7 Å². The largest absolute Gasteiger partial charge is 0.350 e. The van der Waals surface area contributed by atoms with E-state index in [-0.39, 0.29) is 23.3 Å². The van der Waals surface area contributed by atoms with E-state index in [1.54, 1.807) is 6.92 Å². The van der Waals surface area contributed by atoms with Crippen LogP contribution in [0.2, 0.25) is 0 Å². The molecule has 5 heteroatoms. The van der Waals surface area contributed by atoms with Crippen LogP contribution in [0.15, 0.2) is 0 Å². The van der Waals surface area contributed by atoms with Crippen molar-refractivity contribution in [2.75, 3.05) is 0 Å². The maximum Gasteiger partial charge on any atom is 0.242 e. The van der Waals surface area contributed by atoms with Gasteiger partial charge in [-0.25, -0.2) is 0 Å². The Bertz CT molecular complexity index is 297. The van der Waals surface area contributed by atoms with Gasteiger partial charge in [0.15, 0.2) is 0 Å². The second-order valence-electron chi connectivity index (χ2n) is 5.88. The molecule has 0 fully saturated rings. The van der Waals surface area contributed by atoms with Gasteiger partial charge in [0.05, 0.1) is 6.04 Å². The van der Waals surface area contributed by atoms with Crippen LogP contribution in [0.3, 0.4) is 0 Å². The fourth-order valence-corrected chi connectivity index (χ4v) is 1.37. The number of hydrogen-bond donors (Lipinski definition) is 3. The molecule has 0 spiro atoms. The summed E-state index contributed by atoms with van der Waals surface area (Å²) in [4.78, 5) is 23.6. The fourth-order valence-electron chi connectivity index (χ4n) is 1.37. The third-order valence-corrected chi connectivity index (χ3v) is 2.81. The lowest BCUT2D eigenvalue weighted by atomic mass is 9.99. The molecule has 0 bridgehead atoms. The molecule has 2 unspecified atom stereocenters. The molecule has 0 radical (unpaired) electrons. The highest BCUT2D eigenvalue weighted by molar-refractivity contribution is 5.89. The minimum absolute atomic E-state index is 0.0999. The Hall–Kier alpha value is -1.10. The molecule has 0 aliphatic rings. The van der Waals surface area contributed by atoms with Gasteiger partial charge in [0.2, 0.25) is 11.8 Å². The third kappa shape index (κ3) is 6.00. The van der Waals surface area contributed by atoms with Crippen molar-refractivity contribution in [2.45, 2.75) is 65.6 Å². The van der Waals surface area contributed by atoms with Crippen LogP contribution in [0.5, 0.6) is 0 Å². The summed E-state index contributed by atoms with van der Waals surface area (Å²) in [5.41, 5.74) is 5.49. The number of hydrogen-bond acceptors (Lipinski definition) is 3. The number of carbonyl (C=O) groups excluding carboxylic acids is 2. The number of rotatable bonds is 5. The van der Waals surface area contributed by atoms with Gasteiger partial charge in [0.1, 0.15) is 6.04 Å². The first-order valence-electron chi connectivity index (χ1n) is 6.46. The van der Waals surface area contributed by atoms with Gasteiger partial charge in [0, 0.05) is 5.54 Å². The summed E-state index contributed by atoms with van der Waals surface area (Å²) < 4.78 is 0. The SMILES string of the molecule is CCC(C)[C@H](N)C(=O)NC(C)C(=O)NC(C)(C)C. The zero-order chi connectivity index (χ0) is 14.5. The van der Waals surface area contributed by atoms with Crippen molar-refractivity contribution in [1.82, 2.24) is 10.6 Å². The van der Waals surface area contributed by atoms with Crippen LogP contribution >= 0.6 is 0 Å². The molecule has 0 saturated heterocycles. The molecule has 18 heavy (non-hydrogen) atoms. The first-order valence-corrected chi connectivity index (χ1v) is 6.46. The van der Waals surface area contributed by atoms with E-state index in [9.17, 15) is 9.59 Å². The lowest BCUT2D eigenvalue weighted by molar-refractivity contribution is -0.130. The Kier molecular flexibility index (Phi) is 6.32. The minimum Gasteiger partial charge on any atom is -0.350 e. The first-order chi connectivity index (χ1) is 8.08. The van der Waals surface area contributed by atoms with Gasteiger partial charge in [-0.2, -0.15) is 0 Å². The minimum atomic E-state index is -0.577. The number of nitrogens with two attached hydrogens (primary N) is 1. The first kappa shape index (κ1) is 16.9. The molecule has 4 N–H and O–H groups in total. The summed E-state index contributed by atoms with van der Waals surface area (Å²) >= 11 is 0. The van der Waals surface area contributed by atoms with Gasteiger partial charge >= 0.3 is 0 Å². The molecular formula is C13H27N3O2. The van der Waals surface area contributed by atoms with E-state index in [1.165, 1.54) is 0 Å². The molecule has 0 saturated carbocycles. The maximum atomic E-state index is 11.8. The normalized spacial score (nSPS) is 16.6. The number of amides is 2. The Morgan fingerprint density at radius 2 is 1.67 bits per heavy atom. The summed E-state index contributed by atoms with van der Waals surface area (Å²) in [5.74, 6) is -0.379. The third-order valence-electron chi connectivity index (χ3n) is 2.81. The summed E-state index contributed by atoms with van der Waals surface area (Å²) in [5, 5.41) is 5.45. The van der Waals surface area contributed by atoms with E-state index in [1.807, 2.05) is 34.6 Å². The lowest BCUT2D eigenvalue weighted by Gasteiger charge is -2.25. The van der Waals surface area contributed by atoms with E-state index in [0.29, 0.717) is 0 Å². The van der Waals surface area contributed by atoms with E-state index >= 15 is 0 Å². The monoisotopic (exact) mass is 257 g/mol. The van der Waals surface area contributed by atoms with Crippen LogP contribution in [0.1, 0.15) is 48.0 Å². The Labute approximate surface area is 110 Å². The molecule has 5 nitrogen and oxygen atoms in total. The van der Waals surface area contributed by atoms with Gasteiger partial charge in [0.25, 0.3) is 0 Å². The van der Waals surface area contributed by atoms with Crippen LogP contribution in [-0.4, -0.2) is 29.4 Å². The summed E-state index contributed by atoms with van der Waals surface area (Å²) in [6.45, 7) is 11.2. The van der Waals surface area contributed by atoms with Gasteiger partial charge in [-0.15, -0.1) is 0 Å². The molecule has 0 aliphatic carbocycles. The van der Waals surface area contributed by atoms with E-state index in [2.05, 4.69) is 10.6 Å². The van der Waals surface area contributed by atoms with Crippen LogP contribution in [0.25, 0.3) is 0 Å². The van der Waals surface area contributed by atoms with Crippen molar-refractivity contribution < 1.29 is 9.59 Å². The van der Waals surface area contributed by atoms with Crippen molar-refractivity contribution in [3.63, 3.8) is 0 Å². The molecule has 3 atom stereocenters. The molecule has 0 aromatic carbocycles. The second-order valence-corrected chi connectivity index (χ2v) is 5.88. The predicted octanol–water partition coefficient (Wildman–Crippen LogP) is 0.779. The predicted molar refractivity (Wildman–Crippen MR) is 72.9 cm³/mol. The summed E-state index contributed by atoms with van der Waals surface area (Å²) in [6, 6.07) is -1.15. The zero-order valence-electron chi connectivity index (χ0n) is 12.3. The highest BCUT2D eigenvalue weighted by Crippen LogP contribution is 2.05. The number of nitrogens with one attached hydrogen (secondary N) is 2. The molecule has 0 aromatic rings. The molecule has 0 rings (SSSR count). The van der Waals surface area contributed by atoms with Crippen molar-refractivity contribution in [1.29, 1.82) is 0 Å². The molecule has 2 amide bonds. The smallest absolute Gasteiger partial charge is 0.242 e. The van der Waals surface area contributed by atoms with Crippen molar-refractivity contribution in [3.8, 4) is 0 Å². The molecular weight excluding hydrogens is 230 g/mol. The quantitative estimate of drug-likeness (QED) is 0.680. The van der Waals surface area contributed by atoms with Crippen LogP contribution in [-0.2, 0) is 9.59 Å². The Morgan fingerprint density at radius 1 is 1.17 bits per heavy atom. The lowest BCUT2D eigenvalue weighted by Crippen LogP contribution is -2.54. The van der Waals surface area contributed by atoms with Gasteiger partial charge in [-0.3, -0.25) is 9.59 Å². The highest BCUT2D eigenvalue weighted by atomic mass is 16.2. The maximum absolute atomic E-state index is 11.8. The van der Waals surface area contributed by atoms with Crippen LogP contribution in [0, 0.1) is 5.92 Å².